The first-order valence-corrected chi connectivity index (χ1v) is 10.7. The molecule has 5 N–H and O–H groups in total. The molecule has 2 aromatic carbocycles. The lowest BCUT2D eigenvalue weighted by molar-refractivity contribution is -0.139. The second kappa shape index (κ2) is 10.1. The monoisotopic (exact) mass is 429 g/mol. The van der Waals surface area contributed by atoms with Crippen molar-refractivity contribution in [1.82, 2.24) is 5.32 Å². The van der Waals surface area contributed by atoms with E-state index in [1.54, 1.807) is 0 Å². The van der Waals surface area contributed by atoms with Gasteiger partial charge in [0, 0.05) is 18.1 Å². The Labute approximate surface area is 183 Å². The van der Waals surface area contributed by atoms with Crippen LogP contribution in [0.5, 0.6) is 0 Å². The van der Waals surface area contributed by atoms with E-state index in [0.29, 0.717) is 6.42 Å². The third-order valence-electron chi connectivity index (χ3n) is 5.26. The van der Waals surface area contributed by atoms with Crippen LogP contribution in [0, 0.1) is 11.8 Å². The summed E-state index contributed by atoms with van der Waals surface area (Å²) in [7, 11) is 0. The molecule has 0 fully saturated rings. The van der Waals surface area contributed by atoms with Crippen LogP contribution in [0.15, 0.2) is 42.5 Å². The Kier molecular flexibility index (Phi) is 8.03. The molecule has 2 amide bonds. The van der Waals surface area contributed by atoms with E-state index in [0.717, 1.165) is 16.3 Å². The summed E-state index contributed by atoms with van der Waals surface area (Å²) in [6.45, 7) is 5.46. The van der Waals surface area contributed by atoms with Crippen molar-refractivity contribution < 1.29 is 14.4 Å². The molecule has 2 aromatic rings. The Morgan fingerprint density at radius 1 is 1.07 bits per heavy atom. The van der Waals surface area contributed by atoms with E-state index in [9.17, 15) is 14.4 Å². The van der Waals surface area contributed by atoms with Crippen LogP contribution >= 0.6 is 12.6 Å². The van der Waals surface area contributed by atoms with Gasteiger partial charge in [-0.3, -0.25) is 14.4 Å². The quantitative estimate of drug-likeness (QED) is 0.342. The number of nitrogens with one attached hydrogen (secondary N) is 1. The minimum Gasteiger partial charge on any atom is -0.368 e. The maximum absolute atomic E-state index is 13.4. The third-order valence-corrected chi connectivity index (χ3v) is 5.70. The van der Waals surface area contributed by atoms with Crippen molar-refractivity contribution in [2.24, 2.45) is 23.3 Å². The Morgan fingerprint density at radius 2 is 1.70 bits per heavy atom. The molecular weight excluding hydrogens is 398 g/mol. The highest BCUT2D eigenvalue weighted by atomic mass is 32.1. The summed E-state index contributed by atoms with van der Waals surface area (Å²) in [5, 5.41) is 4.55. The highest BCUT2D eigenvalue weighted by molar-refractivity contribution is 7.80. The number of carbonyl (C=O) groups excluding carboxylic acids is 3. The van der Waals surface area contributed by atoms with Crippen molar-refractivity contribution in [2.75, 3.05) is 5.75 Å². The molecule has 0 aliphatic rings. The number of fused-ring (bicyclic) bond motifs is 1. The van der Waals surface area contributed by atoms with Gasteiger partial charge in [-0.1, -0.05) is 56.3 Å². The van der Waals surface area contributed by atoms with Crippen molar-refractivity contribution in [1.29, 1.82) is 0 Å². The molecule has 0 bridgehead atoms. The molecule has 3 atom stereocenters. The molecule has 0 aliphatic carbocycles. The molecule has 0 heterocycles. The highest BCUT2D eigenvalue weighted by Gasteiger charge is 2.45. The van der Waals surface area contributed by atoms with E-state index in [2.05, 4.69) is 17.9 Å². The first-order chi connectivity index (χ1) is 14.1. The number of carbonyl (C=O) groups is 3. The number of thiol groups is 1. The third kappa shape index (κ3) is 5.61. The predicted octanol–water partition coefficient (Wildman–Crippen LogP) is 2.23. The number of hydrogen-bond acceptors (Lipinski definition) is 5. The number of benzene rings is 2. The van der Waals surface area contributed by atoms with Crippen LogP contribution < -0.4 is 16.8 Å². The molecule has 0 radical (unpaired) electrons. The van der Waals surface area contributed by atoms with Gasteiger partial charge in [0.1, 0.15) is 6.04 Å². The van der Waals surface area contributed by atoms with Gasteiger partial charge in [0.25, 0.3) is 0 Å². The van der Waals surface area contributed by atoms with Gasteiger partial charge in [0.05, 0.1) is 0 Å². The number of Topliss-reactive ketones (excluding diaryl/α,β-unsaturated/α-hetero) is 1. The van der Waals surface area contributed by atoms with Crippen LogP contribution in [0.1, 0.15) is 32.8 Å². The summed E-state index contributed by atoms with van der Waals surface area (Å²) in [6.07, 6.45) is 0.577. The van der Waals surface area contributed by atoms with Gasteiger partial charge in [-0.15, -0.1) is 0 Å². The number of nitrogens with two attached hydrogens (primary N) is 2. The summed E-state index contributed by atoms with van der Waals surface area (Å²) >= 11 is 4.32. The summed E-state index contributed by atoms with van der Waals surface area (Å²) in [5.74, 6) is -1.74. The molecular formula is C23H31N3O3S. The summed E-state index contributed by atoms with van der Waals surface area (Å²) < 4.78 is 0. The number of ketones is 1. The second-order valence-electron chi connectivity index (χ2n) is 8.30. The molecule has 0 aliphatic heterocycles. The molecule has 0 saturated heterocycles. The van der Waals surface area contributed by atoms with Gasteiger partial charge in [0.15, 0.2) is 11.3 Å². The van der Waals surface area contributed by atoms with Crippen molar-refractivity contribution >= 4 is 41.0 Å². The Morgan fingerprint density at radius 3 is 2.27 bits per heavy atom. The fourth-order valence-corrected chi connectivity index (χ4v) is 3.86. The smallest absolute Gasteiger partial charge is 0.248 e. The van der Waals surface area contributed by atoms with E-state index < -0.39 is 29.3 Å². The summed E-state index contributed by atoms with van der Waals surface area (Å²) in [5.41, 5.74) is 10.7. The largest absolute Gasteiger partial charge is 0.368 e. The van der Waals surface area contributed by atoms with Gasteiger partial charge < -0.3 is 16.8 Å². The molecule has 0 spiro atoms. The zero-order valence-corrected chi connectivity index (χ0v) is 18.6. The summed E-state index contributed by atoms with van der Waals surface area (Å²) in [4.78, 5) is 38.0. The Balaban J connectivity index is 2.43. The highest BCUT2D eigenvalue weighted by Crippen LogP contribution is 2.25. The Hall–Kier alpha value is -2.38. The van der Waals surface area contributed by atoms with Crippen LogP contribution in [-0.2, 0) is 20.8 Å². The zero-order valence-electron chi connectivity index (χ0n) is 17.7. The number of amides is 2. The van der Waals surface area contributed by atoms with Gasteiger partial charge in [-0.25, -0.2) is 0 Å². The van der Waals surface area contributed by atoms with E-state index in [4.69, 9.17) is 11.5 Å². The minimum absolute atomic E-state index is 0.0103. The average Bonchev–Trinajstić information content (AvgIpc) is 2.70. The lowest BCUT2D eigenvalue weighted by Gasteiger charge is -2.32. The van der Waals surface area contributed by atoms with Crippen molar-refractivity contribution in [2.45, 2.75) is 45.2 Å². The fraction of sp³-hybridized carbons (Fsp3) is 0.435. The standard InChI is InChI=1S/C23H31N3O3S/c1-14(2)10-19(13-30)20(27)23(25,22(29)26-15(3)21(24)28)12-16-8-9-17-6-4-5-7-18(17)11-16/h4-9,11,14-15,19,30H,10,12-13,25H2,1-3H3,(H2,24,28)(H,26,29). The molecule has 2 rings (SSSR count). The van der Waals surface area contributed by atoms with Crippen LogP contribution in [-0.4, -0.2) is 34.9 Å². The number of rotatable bonds is 10. The molecule has 3 unspecified atom stereocenters. The zero-order chi connectivity index (χ0) is 22.5. The predicted molar refractivity (Wildman–Crippen MR) is 123 cm³/mol. The maximum atomic E-state index is 13.4. The van der Waals surface area contributed by atoms with E-state index in [-0.39, 0.29) is 23.9 Å². The molecule has 6 nitrogen and oxygen atoms in total. The SMILES string of the molecule is CC(C)CC(CS)C(=O)C(N)(Cc1ccc2ccccc2c1)C(=O)NC(C)C(N)=O. The lowest BCUT2D eigenvalue weighted by Crippen LogP contribution is -2.65. The minimum atomic E-state index is -1.84. The van der Waals surface area contributed by atoms with Crippen LogP contribution in [0.2, 0.25) is 0 Å². The summed E-state index contributed by atoms with van der Waals surface area (Å²) in [6, 6.07) is 12.6. The molecule has 30 heavy (non-hydrogen) atoms. The molecule has 162 valence electrons. The number of hydrogen-bond donors (Lipinski definition) is 4. The first kappa shape index (κ1) is 23.9. The van der Waals surface area contributed by atoms with E-state index >= 15 is 0 Å². The van der Waals surface area contributed by atoms with Crippen LogP contribution in [0.4, 0.5) is 0 Å². The topological polar surface area (TPSA) is 115 Å². The molecule has 0 saturated carbocycles. The van der Waals surface area contributed by atoms with E-state index in [1.165, 1.54) is 6.92 Å². The van der Waals surface area contributed by atoms with Crippen LogP contribution in [0.3, 0.4) is 0 Å². The van der Waals surface area contributed by atoms with Crippen molar-refractivity contribution in [3.05, 3.63) is 48.0 Å². The molecule has 7 heteroatoms. The van der Waals surface area contributed by atoms with Gasteiger partial charge in [0.2, 0.25) is 11.8 Å². The van der Waals surface area contributed by atoms with Crippen LogP contribution in [0.25, 0.3) is 10.8 Å². The van der Waals surface area contributed by atoms with Gasteiger partial charge >= 0.3 is 0 Å². The maximum Gasteiger partial charge on any atom is 0.248 e. The lowest BCUT2D eigenvalue weighted by atomic mass is 9.78. The second-order valence-corrected chi connectivity index (χ2v) is 8.67. The van der Waals surface area contributed by atoms with Gasteiger partial charge in [-0.2, -0.15) is 12.6 Å². The normalized spacial score (nSPS) is 15.4. The fourth-order valence-electron chi connectivity index (χ4n) is 3.54. The van der Waals surface area contributed by atoms with Crippen molar-refractivity contribution in [3.63, 3.8) is 0 Å². The number of primary amides is 1. The van der Waals surface area contributed by atoms with E-state index in [1.807, 2.05) is 56.3 Å². The van der Waals surface area contributed by atoms with Gasteiger partial charge in [-0.05, 0) is 35.6 Å². The van der Waals surface area contributed by atoms with Crippen molar-refractivity contribution in [3.8, 4) is 0 Å². The average molecular weight is 430 g/mol. The molecule has 0 aromatic heterocycles. The first-order valence-electron chi connectivity index (χ1n) is 10.1. The Bertz CT molecular complexity index is 931.